The quantitative estimate of drug-likeness (QED) is 0.660. The zero-order valence-electron chi connectivity index (χ0n) is 10.8. The molecule has 1 aromatic rings. The molecule has 1 aromatic carbocycles. The number of amides is 2. The van der Waals surface area contributed by atoms with Crippen molar-refractivity contribution < 1.29 is 19.3 Å². The van der Waals surface area contributed by atoms with Gasteiger partial charge < -0.3 is 16.4 Å². The summed E-state index contributed by atoms with van der Waals surface area (Å²) in [5, 5.41) is 4.29. The molecule has 0 spiro atoms. The average Bonchev–Trinajstić information content (AvgIpc) is 2.37. The van der Waals surface area contributed by atoms with Crippen LogP contribution in [0.3, 0.4) is 0 Å². The molecule has 0 heterocycles. The van der Waals surface area contributed by atoms with Crippen molar-refractivity contribution in [1.29, 1.82) is 0 Å². The monoisotopic (exact) mass is 322 g/mol. The minimum Gasteiger partial charge on any atom is -0.368 e. The maximum atomic E-state index is 13.4. The van der Waals surface area contributed by atoms with Gasteiger partial charge in [0.25, 0.3) is 5.91 Å². The first-order valence-electron chi connectivity index (χ1n) is 5.84. The van der Waals surface area contributed by atoms with Crippen molar-refractivity contribution in [2.75, 3.05) is 13.1 Å². The highest BCUT2D eigenvalue weighted by atomic mass is 35.5. The lowest BCUT2D eigenvalue weighted by Crippen LogP contribution is -2.87. The first-order chi connectivity index (χ1) is 9.31. The van der Waals surface area contributed by atoms with E-state index >= 15 is 0 Å². The van der Waals surface area contributed by atoms with Gasteiger partial charge in [0, 0.05) is 5.56 Å². The van der Waals surface area contributed by atoms with Gasteiger partial charge in [0.1, 0.15) is 11.9 Å². The van der Waals surface area contributed by atoms with Crippen molar-refractivity contribution in [3.63, 3.8) is 0 Å². The number of primary amides is 1. The van der Waals surface area contributed by atoms with Crippen LogP contribution in [0, 0.1) is 5.82 Å². The van der Waals surface area contributed by atoms with Crippen LogP contribution in [0.25, 0.3) is 0 Å². The number of benzene rings is 1. The van der Waals surface area contributed by atoms with Gasteiger partial charge >= 0.3 is 0 Å². The predicted octanol–water partition coefficient (Wildman–Crippen LogP) is 0.358. The summed E-state index contributed by atoms with van der Waals surface area (Å²) >= 11 is 11.6. The number of rotatable bonds is 6. The van der Waals surface area contributed by atoms with Gasteiger partial charge in [-0.05, 0) is 19.1 Å². The first kappa shape index (κ1) is 16.7. The topological polar surface area (TPSA) is 88.8 Å². The molecule has 8 heteroatoms. The van der Waals surface area contributed by atoms with E-state index in [1.807, 2.05) is 0 Å². The minimum atomic E-state index is -0.616. The second-order valence-electron chi connectivity index (χ2n) is 4.26. The highest BCUT2D eigenvalue weighted by Crippen LogP contribution is 2.27. The largest absolute Gasteiger partial charge is 0.368 e. The van der Waals surface area contributed by atoms with Gasteiger partial charge in [-0.15, -0.1) is 0 Å². The number of halogens is 3. The van der Waals surface area contributed by atoms with E-state index in [-0.39, 0.29) is 30.1 Å². The molecule has 1 rings (SSSR count). The van der Waals surface area contributed by atoms with Crippen molar-refractivity contribution in [2.24, 2.45) is 5.73 Å². The van der Waals surface area contributed by atoms with Crippen LogP contribution in [0.1, 0.15) is 18.5 Å². The number of nitrogens with one attached hydrogen (secondary N) is 1. The molecule has 1 atom stereocenters. The molecular weight excluding hydrogens is 308 g/mol. The van der Waals surface area contributed by atoms with Crippen LogP contribution in [-0.4, -0.2) is 24.9 Å². The fourth-order valence-corrected chi connectivity index (χ4v) is 2.11. The third-order valence-electron chi connectivity index (χ3n) is 2.65. The Bertz CT molecular complexity index is 526. The molecule has 0 saturated heterocycles. The molecule has 0 aliphatic heterocycles. The first-order valence-corrected chi connectivity index (χ1v) is 6.59. The lowest BCUT2D eigenvalue weighted by molar-refractivity contribution is -0.682. The number of hydrogen-bond donors (Lipinski definition) is 3. The summed E-state index contributed by atoms with van der Waals surface area (Å²) in [6.07, 6.45) is 0. The van der Waals surface area contributed by atoms with Gasteiger partial charge in [-0.25, -0.2) is 4.39 Å². The van der Waals surface area contributed by atoms with E-state index in [2.05, 4.69) is 5.32 Å². The Hall–Kier alpha value is -1.37. The summed E-state index contributed by atoms with van der Waals surface area (Å²) in [7, 11) is 0. The van der Waals surface area contributed by atoms with Crippen molar-refractivity contribution in [3.05, 3.63) is 33.6 Å². The lowest BCUT2D eigenvalue weighted by Gasteiger charge is -2.13. The fraction of sp³-hybridized carbons (Fsp3) is 0.333. The normalized spacial score (nSPS) is 12.0. The Labute approximate surface area is 125 Å². The van der Waals surface area contributed by atoms with Crippen molar-refractivity contribution >= 4 is 35.0 Å². The van der Waals surface area contributed by atoms with Crippen LogP contribution >= 0.6 is 23.2 Å². The Kier molecular flexibility index (Phi) is 6.19. The Morgan fingerprint density at radius 1 is 1.40 bits per heavy atom. The molecule has 0 aliphatic carbocycles. The molecule has 20 heavy (non-hydrogen) atoms. The fourth-order valence-electron chi connectivity index (χ4n) is 1.56. The number of carbonyl (C=O) groups excluding carboxylic acids is 2. The molecule has 2 amide bonds. The number of nitrogens with two attached hydrogens (primary N) is 2. The van der Waals surface area contributed by atoms with E-state index in [0.717, 1.165) is 0 Å². The van der Waals surface area contributed by atoms with Crippen LogP contribution in [-0.2, 0) is 9.59 Å². The predicted molar refractivity (Wildman–Crippen MR) is 73.8 cm³/mol. The summed E-state index contributed by atoms with van der Waals surface area (Å²) in [6, 6.07) is 2.33. The standard InChI is InChI=1S/C12H14Cl2FN3O2/c1-6(17-5-12(20)18-4-11(16)19)7-2-10(15)9(14)3-8(7)13/h2-3,6,17H,4-5H2,1H3,(H2,16,19)(H,18,20)/p+1/t6-/m1/s1. The Morgan fingerprint density at radius 3 is 2.65 bits per heavy atom. The van der Waals surface area contributed by atoms with Gasteiger partial charge in [-0.2, -0.15) is 0 Å². The highest BCUT2D eigenvalue weighted by molar-refractivity contribution is 6.35. The summed E-state index contributed by atoms with van der Waals surface area (Å²) in [6.45, 7) is 1.63. The van der Waals surface area contributed by atoms with Crippen molar-refractivity contribution in [1.82, 2.24) is 5.32 Å². The van der Waals surface area contributed by atoms with E-state index in [0.29, 0.717) is 10.6 Å². The zero-order chi connectivity index (χ0) is 15.3. The number of quaternary nitrogens is 1. The van der Waals surface area contributed by atoms with Crippen LogP contribution in [0.2, 0.25) is 10.0 Å². The second-order valence-corrected chi connectivity index (χ2v) is 5.07. The Morgan fingerprint density at radius 2 is 2.05 bits per heavy atom. The van der Waals surface area contributed by atoms with E-state index in [1.165, 1.54) is 12.1 Å². The van der Waals surface area contributed by atoms with Crippen LogP contribution in [0.5, 0.6) is 0 Å². The van der Waals surface area contributed by atoms with E-state index in [1.54, 1.807) is 12.2 Å². The molecule has 0 bridgehead atoms. The maximum Gasteiger partial charge on any atom is 0.275 e. The lowest BCUT2D eigenvalue weighted by atomic mass is 10.1. The second kappa shape index (κ2) is 7.42. The molecular formula is C12H15Cl2FN3O2+. The van der Waals surface area contributed by atoms with Crippen LogP contribution in [0.15, 0.2) is 12.1 Å². The zero-order valence-corrected chi connectivity index (χ0v) is 12.3. The number of hydrogen-bond acceptors (Lipinski definition) is 2. The summed E-state index contributed by atoms with van der Waals surface area (Å²) in [5.41, 5.74) is 5.44. The molecule has 0 fully saturated rings. The maximum absolute atomic E-state index is 13.4. The van der Waals surface area contributed by atoms with Gasteiger partial charge in [0.05, 0.1) is 16.6 Å². The smallest absolute Gasteiger partial charge is 0.275 e. The van der Waals surface area contributed by atoms with Crippen LogP contribution < -0.4 is 16.4 Å². The molecule has 5 N–H and O–H groups in total. The van der Waals surface area contributed by atoms with Crippen molar-refractivity contribution in [3.8, 4) is 0 Å². The third kappa shape index (κ3) is 4.96. The average molecular weight is 323 g/mol. The molecule has 5 nitrogen and oxygen atoms in total. The summed E-state index contributed by atoms with van der Waals surface area (Å²) in [4.78, 5) is 21.9. The molecule has 110 valence electrons. The summed E-state index contributed by atoms with van der Waals surface area (Å²) < 4.78 is 13.4. The Balaban J connectivity index is 2.59. The van der Waals surface area contributed by atoms with Crippen molar-refractivity contribution in [2.45, 2.75) is 13.0 Å². The van der Waals surface area contributed by atoms with Crippen LogP contribution in [0.4, 0.5) is 4.39 Å². The molecule has 0 saturated carbocycles. The highest BCUT2D eigenvalue weighted by Gasteiger charge is 2.17. The third-order valence-corrected chi connectivity index (χ3v) is 3.26. The number of carbonyl (C=O) groups is 2. The molecule has 0 unspecified atom stereocenters. The van der Waals surface area contributed by atoms with Gasteiger partial charge in [-0.3, -0.25) is 9.59 Å². The van der Waals surface area contributed by atoms with E-state index in [9.17, 15) is 14.0 Å². The SMILES string of the molecule is C[C@@H]([NH2+]CC(=O)NCC(N)=O)c1cc(F)c(Cl)cc1Cl. The van der Waals surface area contributed by atoms with Gasteiger partial charge in [0.15, 0.2) is 6.54 Å². The summed E-state index contributed by atoms with van der Waals surface area (Å²) in [5.74, 6) is -1.53. The molecule has 0 aromatic heterocycles. The minimum absolute atomic E-state index is 0.0508. The van der Waals surface area contributed by atoms with Gasteiger partial charge in [-0.1, -0.05) is 23.2 Å². The molecule has 0 radical (unpaired) electrons. The molecule has 0 aliphatic rings. The van der Waals surface area contributed by atoms with E-state index < -0.39 is 11.7 Å². The van der Waals surface area contributed by atoms with E-state index in [4.69, 9.17) is 28.9 Å². The van der Waals surface area contributed by atoms with Gasteiger partial charge in [0.2, 0.25) is 5.91 Å².